The third-order valence-corrected chi connectivity index (χ3v) is 3.45. The molecule has 4 nitrogen and oxygen atoms in total. The summed E-state index contributed by atoms with van der Waals surface area (Å²) >= 11 is 0. The van der Waals surface area contributed by atoms with E-state index in [9.17, 15) is 5.11 Å². The highest BCUT2D eigenvalue weighted by Gasteiger charge is 2.10. The van der Waals surface area contributed by atoms with Gasteiger partial charge in [-0.25, -0.2) is 4.98 Å². The summed E-state index contributed by atoms with van der Waals surface area (Å²) in [6.07, 6.45) is -0.674. The first kappa shape index (κ1) is 14.5. The first-order valence-electron chi connectivity index (χ1n) is 7.24. The third kappa shape index (κ3) is 3.08. The summed E-state index contributed by atoms with van der Waals surface area (Å²) in [7, 11) is 0. The zero-order valence-corrected chi connectivity index (χ0v) is 12.1. The standard InChI is InChI=1S/C18H18N2O2/c19-11-14(21)12-22-18-10-17(13-6-2-1-3-7-13)20-16-9-5-4-8-15(16)18/h1-10,14,21H,11-12,19H2. The Morgan fingerprint density at radius 3 is 2.55 bits per heavy atom. The minimum atomic E-state index is -0.674. The van der Waals surface area contributed by atoms with Gasteiger partial charge in [-0.1, -0.05) is 42.5 Å². The zero-order valence-electron chi connectivity index (χ0n) is 12.1. The maximum atomic E-state index is 9.61. The fourth-order valence-corrected chi connectivity index (χ4v) is 2.27. The van der Waals surface area contributed by atoms with Crippen molar-refractivity contribution < 1.29 is 9.84 Å². The average molecular weight is 294 g/mol. The molecule has 2 aromatic carbocycles. The van der Waals surface area contributed by atoms with Crippen LogP contribution in [0.25, 0.3) is 22.2 Å². The van der Waals surface area contributed by atoms with Gasteiger partial charge in [0.1, 0.15) is 18.5 Å². The predicted molar refractivity (Wildman–Crippen MR) is 87.7 cm³/mol. The van der Waals surface area contributed by atoms with Crippen LogP contribution in [0.2, 0.25) is 0 Å². The van der Waals surface area contributed by atoms with Gasteiger partial charge >= 0.3 is 0 Å². The van der Waals surface area contributed by atoms with Crippen molar-refractivity contribution in [1.82, 2.24) is 4.98 Å². The van der Waals surface area contributed by atoms with Gasteiger partial charge in [0.25, 0.3) is 0 Å². The van der Waals surface area contributed by atoms with Crippen LogP contribution in [-0.4, -0.2) is 29.3 Å². The van der Waals surface area contributed by atoms with Crippen molar-refractivity contribution in [3.63, 3.8) is 0 Å². The smallest absolute Gasteiger partial charge is 0.131 e. The molecule has 0 aliphatic heterocycles. The van der Waals surface area contributed by atoms with Crippen molar-refractivity contribution in [3.05, 3.63) is 60.7 Å². The molecule has 0 saturated carbocycles. The molecule has 1 atom stereocenters. The van der Waals surface area contributed by atoms with Gasteiger partial charge in [0.2, 0.25) is 0 Å². The summed E-state index contributed by atoms with van der Waals surface area (Å²) in [6.45, 7) is 0.341. The van der Waals surface area contributed by atoms with Gasteiger partial charge in [0.05, 0.1) is 11.2 Å². The molecule has 4 heteroatoms. The van der Waals surface area contributed by atoms with Gasteiger partial charge in [-0.15, -0.1) is 0 Å². The first-order chi connectivity index (χ1) is 10.8. The number of aromatic nitrogens is 1. The lowest BCUT2D eigenvalue weighted by molar-refractivity contribution is 0.115. The quantitative estimate of drug-likeness (QED) is 0.759. The van der Waals surface area contributed by atoms with Crippen LogP contribution in [0.1, 0.15) is 0 Å². The number of aliphatic hydroxyl groups excluding tert-OH is 1. The van der Waals surface area contributed by atoms with Gasteiger partial charge in [-0.05, 0) is 12.1 Å². The second kappa shape index (κ2) is 6.56. The molecule has 0 radical (unpaired) electrons. The molecule has 22 heavy (non-hydrogen) atoms. The normalized spacial score (nSPS) is 12.3. The Kier molecular flexibility index (Phi) is 4.32. The average Bonchev–Trinajstić information content (AvgIpc) is 2.59. The Hall–Kier alpha value is -2.43. The highest BCUT2D eigenvalue weighted by atomic mass is 16.5. The van der Waals surface area contributed by atoms with E-state index in [1.807, 2.05) is 60.7 Å². The molecule has 1 unspecified atom stereocenters. The summed E-state index contributed by atoms with van der Waals surface area (Å²) in [5, 5.41) is 10.5. The monoisotopic (exact) mass is 294 g/mol. The molecule has 0 bridgehead atoms. The van der Waals surface area contributed by atoms with Crippen molar-refractivity contribution in [1.29, 1.82) is 0 Å². The second-order valence-electron chi connectivity index (χ2n) is 5.09. The molecule has 3 rings (SSSR count). The molecule has 0 spiro atoms. The Morgan fingerprint density at radius 2 is 1.77 bits per heavy atom. The van der Waals surface area contributed by atoms with E-state index in [4.69, 9.17) is 10.5 Å². The molecule has 0 saturated heterocycles. The zero-order chi connectivity index (χ0) is 15.4. The number of para-hydroxylation sites is 1. The molecular weight excluding hydrogens is 276 g/mol. The van der Waals surface area contributed by atoms with Crippen molar-refractivity contribution in [2.45, 2.75) is 6.10 Å². The van der Waals surface area contributed by atoms with Crippen molar-refractivity contribution in [2.24, 2.45) is 5.73 Å². The number of pyridine rings is 1. The summed E-state index contributed by atoms with van der Waals surface area (Å²) < 4.78 is 5.76. The third-order valence-electron chi connectivity index (χ3n) is 3.45. The molecule has 3 aromatic rings. The van der Waals surface area contributed by atoms with E-state index in [0.717, 1.165) is 22.2 Å². The SMILES string of the molecule is NCC(O)COc1cc(-c2ccccc2)nc2ccccc12. The number of aliphatic hydroxyl groups is 1. The van der Waals surface area contributed by atoms with Gasteiger partial charge in [0, 0.05) is 23.6 Å². The van der Waals surface area contributed by atoms with E-state index in [1.54, 1.807) is 0 Å². The maximum absolute atomic E-state index is 9.61. The molecule has 3 N–H and O–H groups in total. The highest BCUT2D eigenvalue weighted by molar-refractivity contribution is 5.87. The lowest BCUT2D eigenvalue weighted by atomic mass is 10.1. The van der Waals surface area contributed by atoms with Crippen LogP contribution in [0.4, 0.5) is 0 Å². The summed E-state index contributed by atoms with van der Waals surface area (Å²) in [4.78, 5) is 4.69. The van der Waals surface area contributed by atoms with E-state index in [2.05, 4.69) is 4.98 Å². The summed E-state index contributed by atoms with van der Waals surface area (Å²) in [6, 6.07) is 19.7. The maximum Gasteiger partial charge on any atom is 0.131 e. The van der Waals surface area contributed by atoms with E-state index in [1.165, 1.54) is 0 Å². The van der Waals surface area contributed by atoms with Gasteiger partial charge in [-0.2, -0.15) is 0 Å². The number of hydrogen-bond acceptors (Lipinski definition) is 4. The topological polar surface area (TPSA) is 68.4 Å². The minimum absolute atomic E-state index is 0.165. The van der Waals surface area contributed by atoms with Crippen LogP contribution in [0.3, 0.4) is 0 Å². The van der Waals surface area contributed by atoms with Crippen molar-refractivity contribution >= 4 is 10.9 Å². The molecular formula is C18H18N2O2. The van der Waals surface area contributed by atoms with Crippen LogP contribution in [-0.2, 0) is 0 Å². The number of ether oxygens (including phenoxy) is 1. The fraction of sp³-hybridized carbons (Fsp3) is 0.167. The Morgan fingerprint density at radius 1 is 1.05 bits per heavy atom. The number of nitrogens with zero attached hydrogens (tertiary/aromatic N) is 1. The summed E-state index contributed by atoms with van der Waals surface area (Å²) in [5.74, 6) is 0.706. The molecule has 0 aliphatic carbocycles. The number of rotatable bonds is 5. The van der Waals surface area contributed by atoms with Crippen LogP contribution in [0.5, 0.6) is 5.75 Å². The molecule has 1 aromatic heterocycles. The number of fused-ring (bicyclic) bond motifs is 1. The fourth-order valence-electron chi connectivity index (χ4n) is 2.27. The molecule has 1 heterocycles. The van der Waals surface area contributed by atoms with Crippen LogP contribution in [0.15, 0.2) is 60.7 Å². The van der Waals surface area contributed by atoms with Crippen LogP contribution < -0.4 is 10.5 Å². The molecule has 0 amide bonds. The van der Waals surface area contributed by atoms with E-state index >= 15 is 0 Å². The van der Waals surface area contributed by atoms with Gasteiger partial charge < -0.3 is 15.6 Å². The number of hydrogen-bond donors (Lipinski definition) is 2. The largest absolute Gasteiger partial charge is 0.490 e. The van der Waals surface area contributed by atoms with E-state index < -0.39 is 6.10 Å². The van der Waals surface area contributed by atoms with Crippen LogP contribution in [0, 0.1) is 0 Å². The number of nitrogens with two attached hydrogens (primary N) is 1. The Bertz CT molecular complexity index is 759. The lowest BCUT2D eigenvalue weighted by Crippen LogP contribution is -2.26. The van der Waals surface area contributed by atoms with Crippen molar-refractivity contribution in [2.75, 3.05) is 13.2 Å². The lowest BCUT2D eigenvalue weighted by Gasteiger charge is -2.13. The van der Waals surface area contributed by atoms with Gasteiger partial charge in [-0.3, -0.25) is 0 Å². The second-order valence-corrected chi connectivity index (χ2v) is 5.09. The Labute approximate surface area is 129 Å². The van der Waals surface area contributed by atoms with Crippen LogP contribution >= 0.6 is 0 Å². The summed E-state index contributed by atoms with van der Waals surface area (Å²) in [5.41, 5.74) is 8.16. The van der Waals surface area contributed by atoms with Crippen molar-refractivity contribution in [3.8, 4) is 17.0 Å². The van der Waals surface area contributed by atoms with Gasteiger partial charge in [0.15, 0.2) is 0 Å². The molecule has 0 fully saturated rings. The Balaban J connectivity index is 2.04. The predicted octanol–water partition coefficient (Wildman–Crippen LogP) is 2.60. The molecule has 112 valence electrons. The minimum Gasteiger partial charge on any atom is -0.490 e. The number of benzene rings is 2. The van der Waals surface area contributed by atoms with E-state index in [0.29, 0.717) is 5.75 Å². The van der Waals surface area contributed by atoms with E-state index in [-0.39, 0.29) is 13.2 Å². The highest BCUT2D eigenvalue weighted by Crippen LogP contribution is 2.29. The first-order valence-corrected chi connectivity index (χ1v) is 7.24. The molecule has 0 aliphatic rings.